The number of nitrogen functional groups attached to an aromatic ring is 1. The van der Waals surface area contributed by atoms with Crippen molar-refractivity contribution in [3.05, 3.63) is 46.5 Å². The molecule has 110 valence electrons. The molecule has 1 atom stereocenters. The van der Waals surface area contributed by atoms with E-state index < -0.39 is 0 Å². The van der Waals surface area contributed by atoms with Crippen molar-refractivity contribution in [2.45, 2.75) is 32.9 Å². The first kappa shape index (κ1) is 17.0. The molecule has 0 amide bonds. The molecular formula is C15H22ClN3S. The van der Waals surface area contributed by atoms with Crippen LogP contribution in [-0.2, 0) is 13.0 Å². The Morgan fingerprint density at radius 2 is 1.95 bits per heavy atom. The summed E-state index contributed by atoms with van der Waals surface area (Å²) in [6, 6.07) is 9.26. The monoisotopic (exact) mass is 311 g/mol. The van der Waals surface area contributed by atoms with Crippen molar-refractivity contribution in [1.29, 1.82) is 0 Å². The van der Waals surface area contributed by atoms with E-state index >= 15 is 0 Å². The average molecular weight is 312 g/mol. The van der Waals surface area contributed by atoms with Gasteiger partial charge in [0.1, 0.15) is 0 Å². The fourth-order valence-electron chi connectivity index (χ4n) is 2.02. The molecule has 0 aliphatic rings. The molecule has 0 radical (unpaired) electrons. The molecule has 1 aromatic carbocycles. The van der Waals surface area contributed by atoms with Crippen LogP contribution in [0.3, 0.4) is 0 Å². The van der Waals surface area contributed by atoms with Crippen LogP contribution in [0.2, 0.25) is 0 Å². The standard InChI is InChI=1S/C15H21N3S.ClH/c1-11-4-6-13(7-5-11)8-12(2)18(3)10-14-9-17-15(16)19-14;/h4-7,9,12H,8,10H2,1-3H3,(H2,16,17);1H. The van der Waals surface area contributed by atoms with E-state index in [4.69, 9.17) is 5.73 Å². The van der Waals surface area contributed by atoms with E-state index in [-0.39, 0.29) is 12.4 Å². The van der Waals surface area contributed by atoms with Gasteiger partial charge < -0.3 is 5.73 Å². The Bertz CT molecular complexity index is 524. The third kappa shape index (κ3) is 4.78. The fourth-order valence-corrected chi connectivity index (χ4v) is 2.77. The van der Waals surface area contributed by atoms with Gasteiger partial charge in [-0.25, -0.2) is 4.98 Å². The van der Waals surface area contributed by atoms with Crippen molar-refractivity contribution in [3.8, 4) is 0 Å². The summed E-state index contributed by atoms with van der Waals surface area (Å²) in [7, 11) is 2.15. The molecule has 0 spiro atoms. The predicted octanol–water partition coefficient (Wildman–Crippen LogP) is 3.52. The lowest BCUT2D eigenvalue weighted by molar-refractivity contribution is 0.250. The molecule has 0 bridgehead atoms. The number of rotatable bonds is 5. The molecule has 2 N–H and O–H groups in total. The SMILES string of the molecule is Cc1ccc(CC(C)N(C)Cc2cnc(N)s2)cc1.Cl. The molecular weight excluding hydrogens is 290 g/mol. The van der Waals surface area contributed by atoms with Crippen LogP contribution in [-0.4, -0.2) is 23.0 Å². The van der Waals surface area contributed by atoms with E-state index in [9.17, 15) is 0 Å². The van der Waals surface area contributed by atoms with Gasteiger partial charge in [0.2, 0.25) is 0 Å². The summed E-state index contributed by atoms with van der Waals surface area (Å²) in [6.07, 6.45) is 2.93. The van der Waals surface area contributed by atoms with Gasteiger partial charge in [-0.15, -0.1) is 23.7 Å². The topological polar surface area (TPSA) is 42.2 Å². The van der Waals surface area contributed by atoms with Crippen LogP contribution in [0.1, 0.15) is 22.9 Å². The number of nitrogens with two attached hydrogens (primary N) is 1. The molecule has 1 heterocycles. The van der Waals surface area contributed by atoms with E-state index in [0.29, 0.717) is 11.2 Å². The first-order valence-corrected chi connectivity index (χ1v) is 7.32. The maximum atomic E-state index is 5.66. The number of hydrogen-bond donors (Lipinski definition) is 1. The Morgan fingerprint density at radius 1 is 1.30 bits per heavy atom. The Kier molecular flexibility index (Phi) is 6.46. The van der Waals surface area contributed by atoms with Gasteiger partial charge in [0.05, 0.1) is 0 Å². The highest BCUT2D eigenvalue weighted by molar-refractivity contribution is 7.15. The molecule has 3 nitrogen and oxygen atoms in total. The third-order valence-electron chi connectivity index (χ3n) is 3.38. The second-order valence-electron chi connectivity index (χ2n) is 5.12. The molecule has 0 saturated heterocycles. The van der Waals surface area contributed by atoms with Crippen LogP contribution >= 0.6 is 23.7 Å². The van der Waals surface area contributed by atoms with E-state index in [1.807, 2.05) is 6.20 Å². The van der Waals surface area contributed by atoms with Crippen LogP contribution in [0.25, 0.3) is 0 Å². The number of hydrogen-bond acceptors (Lipinski definition) is 4. The number of aromatic nitrogens is 1. The van der Waals surface area contributed by atoms with Crippen LogP contribution < -0.4 is 5.73 Å². The lowest BCUT2D eigenvalue weighted by atomic mass is 10.0. The zero-order chi connectivity index (χ0) is 13.8. The molecule has 0 aliphatic heterocycles. The molecule has 1 unspecified atom stereocenters. The average Bonchev–Trinajstić information content (AvgIpc) is 2.77. The van der Waals surface area contributed by atoms with Gasteiger partial charge in [0.25, 0.3) is 0 Å². The summed E-state index contributed by atoms with van der Waals surface area (Å²) in [4.78, 5) is 7.65. The van der Waals surface area contributed by atoms with Crippen LogP contribution in [0.4, 0.5) is 5.13 Å². The summed E-state index contributed by atoms with van der Waals surface area (Å²) in [5.41, 5.74) is 8.35. The second-order valence-corrected chi connectivity index (χ2v) is 6.27. The van der Waals surface area contributed by atoms with Gasteiger partial charge in [0.15, 0.2) is 5.13 Å². The lowest BCUT2D eigenvalue weighted by Gasteiger charge is -2.24. The molecule has 1 aromatic heterocycles. The highest BCUT2D eigenvalue weighted by Crippen LogP contribution is 2.18. The van der Waals surface area contributed by atoms with Crippen LogP contribution in [0.15, 0.2) is 30.5 Å². The first-order chi connectivity index (χ1) is 9.04. The summed E-state index contributed by atoms with van der Waals surface area (Å²) < 4.78 is 0. The van der Waals surface area contributed by atoms with Crippen LogP contribution in [0.5, 0.6) is 0 Å². The van der Waals surface area contributed by atoms with Gasteiger partial charge in [0, 0.05) is 23.7 Å². The minimum atomic E-state index is 0. The predicted molar refractivity (Wildman–Crippen MR) is 89.6 cm³/mol. The zero-order valence-corrected chi connectivity index (χ0v) is 13.8. The van der Waals surface area contributed by atoms with Crippen molar-refractivity contribution in [2.24, 2.45) is 0 Å². The molecule has 2 aromatic rings. The highest BCUT2D eigenvalue weighted by atomic mass is 35.5. The molecule has 20 heavy (non-hydrogen) atoms. The minimum Gasteiger partial charge on any atom is -0.375 e. The number of thiazole rings is 1. The Labute approximate surface area is 131 Å². The highest BCUT2D eigenvalue weighted by Gasteiger charge is 2.11. The van der Waals surface area contributed by atoms with Gasteiger partial charge >= 0.3 is 0 Å². The number of benzene rings is 1. The number of nitrogens with zero attached hydrogens (tertiary/aromatic N) is 2. The molecule has 0 aliphatic carbocycles. The summed E-state index contributed by atoms with van der Waals surface area (Å²) >= 11 is 1.57. The normalized spacial score (nSPS) is 12.2. The summed E-state index contributed by atoms with van der Waals surface area (Å²) in [5, 5.41) is 0.648. The van der Waals surface area contributed by atoms with Crippen molar-refractivity contribution in [3.63, 3.8) is 0 Å². The number of halogens is 1. The molecule has 5 heteroatoms. The van der Waals surface area contributed by atoms with Crippen molar-refractivity contribution >= 4 is 28.9 Å². The maximum absolute atomic E-state index is 5.66. The Balaban J connectivity index is 0.00000200. The smallest absolute Gasteiger partial charge is 0.180 e. The largest absolute Gasteiger partial charge is 0.375 e. The Hall–Kier alpha value is -1.10. The van der Waals surface area contributed by atoms with E-state index in [1.165, 1.54) is 16.0 Å². The molecule has 0 saturated carbocycles. The summed E-state index contributed by atoms with van der Waals surface area (Å²) in [5.74, 6) is 0. The quantitative estimate of drug-likeness (QED) is 0.918. The molecule has 0 fully saturated rings. The fraction of sp³-hybridized carbons (Fsp3) is 0.400. The number of anilines is 1. The van der Waals surface area contributed by atoms with E-state index in [2.05, 4.69) is 55.0 Å². The summed E-state index contributed by atoms with van der Waals surface area (Å²) in [6.45, 7) is 5.28. The minimum absolute atomic E-state index is 0. The zero-order valence-electron chi connectivity index (χ0n) is 12.2. The van der Waals surface area contributed by atoms with Crippen molar-refractivity contribution in [2.75, 3.05) is 12.8 Å². The van der Waals surface area contributed by atoms with E-state index in [1.54, 1.807) is 11.3 Å². The molecule has 2 rings (SSSR count). The Morgan fingerprint density at radius 3 is 2.50 bits per heavy atom. The van der Waals surface area contributed by atoms with Crippen LogP contribution in [0, 0.1) is 6.92 Å². The second kappa shape index (κ2) is 7.62. The van der Waals surface area contributed by atoms with Gasteiger partial charge in [-0.05, 0) is 32.9 Å². The lowest BCUT2D eigenvalue weighted by Crippen LogP contribution is -2.30. The third-order valence-corrected chi connectivity index (χ3v) is 4.19. The van der Waals surface area contributed by atoms with Gasteiger partial charge in [-0.1, -0.05) is 29.8 Å². The number of likely N-dealkylation sites (N-methyl/N-ethyl adjacent to an activating group) is 1. The first-order valence-electron chi connectivity index (χ1n) is 6.50. The van der Waals surface area contributed by atoms with Crippen molar-refractivity contribution < 1.29 is 0 Å². The number of aryl methyl sites for hydroxylation is 1. The van der Waals surface area contributed by atoms with E-state index in [0.717, 1.165) is 13.0 Å². The van der Waals surface area contributed by atoms with Crippen molar-refractivity contribution in [1.82, 2.24) is 9.88 Å². The van der Waals surface area contributed by atoms with Gasteiger partial charge in [-0.2, -0.15) is 0 Å². The maximum Gasteiger partial charge on any atom is 0.180 e. The van der Waals surface area contributed by atoms with Gasteiger partial charge in [-0.3, -0.25) is 4.90 Å².